The summed E-state index contributed by atoms with van der Waals surface area (Å²) in [6, 6.07) is 7.49. The molecule has 1 heterocycles. The van der Waals surface area contributed by atoms with E-state index in [4.69, 9.17) is 0 Å². The summed E-state index contributed by atoms with van der Waals surface area (Å²) < 4.78 is 28.0. The van der Waals surface area contributed by atoms with Crippen molar-refractivity contribution < 1.29 is 8.42 Å². The van der Waals surface area contributed by atoms with Crippen LogP contribution >= 0.6 is 0 Å². The minimum absolute atomic E-state index is 0.120. The third-order valence-electron chi connectivity index (χ3n) is 4.56. The molecular formula is C17H27NO2S. The second kappa shape index (κ2) is 6.49. The van der Waals surface area contributed by atoms with Gasteiger partial charge in [-0.1, -0.05) is 44.9 Å². The summed E-state index contributed by atoms with van der Waals surface area (Å²) in [5, 5.41) is 0. The van der Waals surface area contributed by atoms with Crippen LogP contribution in [0.1, 0.15) is 52.0 Å². The molecular weight excluding hydrogens is 282 g/mol. The lowest BCUT2D eigenvalue weighted by molar-refractivity contribution is 0.140. The Labute approximate surface area is 129 Å². The predicted molar refractivity (Wildman–Crippen MR) is 86.8 cm³/mol. The van der Waals surface area contributed by atoms with E-state index >= 15 is 0 Å². The van der Waals surface area contributed by atoms with Crippen LogP contribution in [0.15, 0.2) is 29.2 Å². The Bertz CT molecular complexity index is 563. The van der Waals surface area contributed by atoms with Crippen LogP contribution in [0.4, 0.5) is 0 Å². The van der Waals surface area contributed by atoms with E-state index in [-0.39, 0.29) is 12.1 Å². The van der Waals surface area contributed by atoms with Gasteiger partial charge in [0.2, 0.25) is 10.0 Å². The highest BCUT2D eigenvalue weighted by Crippen LogP contribution is 2.34. The molecule has 0 saturated carbocycles. The molecule has 0 N–H and O–H groups in total. The second-order valence-corrected chi connectivity index (χ2v) is 8.30. The number of benzene rings is 1. The average Bonchev–Trinajstić information content (AvgIpc) is 2.46. The smallest absolute Gasteiger partial charge is 0.207 e. The molecule has 1 aromatic carbocycles. The van der Waals surface area contributed by atoms with Crippen molar-refractivity contribution in [1.82, 2.24) is 4.31 Å². The van der Waals surface area contributed by atoms with Crippen molar-refractivity contribution >= 4 is 10.0 Å². The van der Waals surface area contributed by atoms with E-state index in [1.807, 2.05) is 23.4 Å². The maximum atomic E-state index is 13.1. The molecule has 2 unspecified atom stereocenters. The molecule has 0 bridgehead atoms. The van der Waals surface area contributed by atoms with Crippen LogP contribution in [0.25, 0.3) is 0 Å². The topological polar surface area (TPSA) is 37.4 Å². The summed E-state index contributed by atoms with van der Waals surface area (Å²) in [7, 11) is -3.40. The lowest BCUT2D eigenvalue weighted by Crippen LogP contribution is -2.51. The fourth-order valence-corrected chi connectivity index (χ4v) is 5.38. The lowest BCUT2D eigenvalue weighted by atomic mass is 9.90. The van der Waals surface area contributed by atoms with E-state index in [1.165, 1.54) is 0 Å². The van der Waals surface area contributed by atoms with Crippen molar-refractivity contribution in [3.63, 3.8) is 0 Å². The maximum Gasteiger partial charge on any atom is 0.243 e. The molecule has 2 atom stereocenters. The van der Waals surface area contributed by atoms with Crippen LogP contribution in [-0.2, 0) is 10.0 Å². The van der Waals surface area contributed by atoms with E-state index in [2.05, 4.69) is 20.8 Å². The normalized spacial score (nSPS) is 24.4. The molecule has 0 aliphatic carbocycles. The van der Waals surface area contributed by atoms with Gasteiger partial charge in [0.15, 0.2) is 0 Å². The fraction of sp³-hybridized carbons (Fsp3) is 0.647. The van der Waals surface area contributed by atoms with Crippen LogP contribution < -0.4 is 0 Å². The zero-order valence-electron chi connectivity index (χ0n) is 13.5. The Kier molecular flexibility index (Phi) is 5.10. The Morgan fingerprint density at radius 2 is 1.81 bits per heavy atom. The van der Waals surface area contributed by atoms with E-state index < -0.39 is 10.0 Å². The quantitative estimate of drug-likeness (QED) is 0.844. The van der Waals surface area contributed by atoms with Crippen molar-refractivity contribution in [2.75, 3.05) is 0 Å². The van der Waals surface area contributed by atoms with Gasteiger partial charge in [0.05, 0.1) is 4.90 Å². The van der Waals surface area contributed by atoms with Crippen molar-refractivity contribution in [3.8, 4) is 0 Å². The molecule has 118 valence electrons. The molecule has 0 radical (unpaired) electrons. The number of rotatable bonds is 4. The molecule has 0 amide bonds. The second-order valence-electron chi connectivity index (χ2n) is 6.45. The standard InChI is InChI=1S/C17H27NO2S/c1-5-15-7-6-8-17(13(2)3)18(15)21(19,20)16-11-9-14(4)10-12-16/h9-13,15,17H,5-8H2,1-4H3. The average molecular weight is 309 g/mol. The minimum atomic E-state index is -3.40. The first kappa shape index (κ1) is 16.5. The Hall–Kier alpha value is -0.870. The summed E-state index contributed by atoms with van der Waals surface area (Å²) in [5.41, 5.74) is 1.08. The molecule has 1 aromatic rings. The van der Waals surface area contributed by atoms with Crippen molar-refractivity contribution in [1.29, 1.82) is 0 Å². The highest BCUT2D eigenvalue weighted by molar-refractivity contribution is 7.89. The van der Waals surface area contributed by atoms with Crippen LogP contribution in [0, 0.1) is 12.8 Å². The number of aryl methyl sites for hydroxylation is 1. The molecule has 0 aromatic heterocycles. The molecule has 2 rings (SSSR count). The van der Waals surface area contributed by atoms with Crippen LogP contribution in [0.2, 0.25) is 0 Å². The summed E-state index contributed by atoms with van der Waals surface area (Å²) in [6.07, 6.45) is 3.96. The minimum Gasteiger partial charge on any atom is -0.207 e. The maximum absolute atomic E-state index is 13.1. The highest BCUT2D eigenvalue weighted by atomic mass is 32.2. The first-order valence-corrected chi connectivity index (χ1v) is 9.42. The van der Waals surface area contributed by atoms with E-state index in [1.54, 1.807) is 12.1 Å². The summed E-state index contributed by atoms with van der Waals surface area (Å²) >= 11 is 0. The number of nitrogens with zero attached hydrogens (tertiary/aromatic N) is 1. The molecule has 3 nitrogen and oxygen atoms in total. The molecule has 0 spiro atoms. The van der Waals surface area contributed by atoms with Crippen LogP contribution in [0.3, 0.4) is 0 Å². The van der Waals surface area contributed by atoms with Crippen molar-refractivity contribution in [2.24, 2.45) is 5.92 Å². The number of hydrogen-bond acceptors (Lipinski definition) is 2. The number of piperidine rings is 1. The fourth-order valence-electron chi connectivity index (χ4n) is 3.31. The van der Waals surface area contributed by atoms with Gasteiger partial charge in [0.1, 0.15) is 0 Å². The van der Waals surface area contributed by atoms with E-state index in [0.29, 0.717) is 10.8 Å². The lowest BCUT2D eigenvalue weighted by Gasteiger charge is -2.42. The van der Waals surface area contributed by atoms with Gasteiger partial charge in [0, 0.05) is 12.1 Å². The Morgan fingerprint density at radius 3 is 2.33 bits per heavy atom. The van der Waals surface area contributed by atoms with Gasteiger partial charge in [-0.3, -0.25) is 0 Å². The van der Waals surface area contributed by atoms with Crippen LogP contribution in [0.5, 0.6) is 0 Å². The summed E-state index contributed by atoms with van der Waals surface area (Å²) in [5.74, 6) is 0.347. The third-order valence-corrected chi connectivity index (χ3v) is 6.55. The Morgan fingerprint density at radius 1 is 1.19 bits per heavy atom. The summed E-state index contributed by atoms with van der Waals surface area (Å²) in [4.78, 5) is 0.430. The van der Waals surface area contributed by atoms with Gasteiger partial charge < -0.3 is 0 Å². The van der Waals surface area contributed by atoms with Gasteiger partial charge in [0.25, 0.3) is 0 Å². The zero-order chi connectivity index (χ0) is 15.6. The zero-order valence-corrected chi connectivity index (χ0v) is 14.4. The molecule has 1 fully saturated rings. The van der Waals surface area contributed by atoms with Gasteiger partial charge in [-0.2, -0.15) is 4.31 Å². The summed E-state index contributed by atoms with van der Waals surface area (Å²) in [6.45, 7) is 8.31. The van der Waals surface area contributed by atoms with E-state index in [0.717, 1.165) is 31.2 Å². The van der Waals surface area contributed by atoms with Crippen molar-refractivity contribution in [2.45, 2.75) is 70.4 Å². The molecule has 1 aliphatic heterocycles. The van der Waals surface area contributed by atoms with Crippen LogP contribution in [-0.4, -0.2) is 24.8 Å². The predicted octanol–water partition coefficient (Wildman–Crippen LogP) is 3.97. The highest BCUT2D eigenvalue weighted by Gasteiger charge is 2.40. The molecule has 21 heavy (non-hydrogen) atoms. The first-order chi connectivity index (χ1) is 9.87. The molecule has 1 aliphatic rings. The monoisotopic (exact) mass is 309 g/mol. The van der Waals surface area contributed by atoms with Gasteiger partial charge in [-0.15, -0.1) is 0 Å². The van der Waals surface area contributed by atoms with Gasteiger partial charge >= 0.3 is 0 Å². The molecule has 4 heteroatoms. The van der Waals surface area contributed by atoms with E-state index in [9.17, 15) is 8.42 Å². The number of hydrogen-bond donors (Lipinski definition) is 0. The van der Waals surface area contributed by atoms with Crippen molar-refractivity contribution in [3.05, 3.63) is 29.8 Å². The first-order valence-electron chi connectivity index (χ1n) is 7.98. The Balaban J connectivity index is 2.44. The third kappa shape index (κ3) is 3.32. The van der Waals surface area contributed by atoms with Gasteiger partial charge in [-0.05, 0) is 44.2 Å². The largest absolute Gasteiger partial charge is 0.243 e. The molecule has 1 saturated heterocycles. The number of sulfonamides is 1. The SMILES string of the molecule is CCC1CCCC(C(C)C)N1S(=O)(=O)c1ccc(C)cc1. The van der Waals surface area contributed by atoms with Gasteiger partial charge in [-0.25, -0.2) is 8.42 Å².